The fraction of sp³-hybridized carbons (Fsp3) is 0.533. The van der Waals surface area contributed by atoms with Gasteiger partial charge in [0.05, 0.1) is 17.2 Å². The molecule has 0 fully saturated rings. The van der Waals surface area contributed by atoms with Crippen LogP contribution in [-0.2, 0) is 19.1 Å². The van der Waals surface area contributed by atoms with Gasteiger partial charge in [0.25, 0.3) is 0 Å². The smallest absolute Gasteiger partial charge is 0.357 e. The van der Waals surface area contributed by atoms with Crippen molar-refractivity contribution in [1.29, 1.82) is 0 Å². The maximum atomic E-state index is 12.6. The summed E-state index contributed by atoms with van der Waals surface area (Å²) in [5.74, 6) is 0.552. The first-order valence-corrected chi connectivity index (χ1v) is 9.46. The van der Waals surface area contributed by atoms with Crippen LogP contribution in [0.5, 0.6) is 0 Å². The molecule has 0 saturated heterocycles. The molecule has 2 rings (SSSR count). The molecular weight excluding hydrogens is 498 g/mol. The van der Waals surface area contributed by atoms with Crippen molar-refractivity contribution in [2.24, 2.45) is 4.99 Å². The van der Waals surface area contributed by atoms with E-state index in [0.29, 0.717) is 24.1 Å². The Morgan fingerprint density at radius 3 is 2.46 bits per heavy atom. The highest BCUT2D eigenvalue weighted by atomic mass is 127. The van der Waals surface area contributed by atoms with E-state index in [1.54, 1.807) is 11.3 Å². The predicted octanol–water partition coefficient (Wildman–Crippen LogP) is 4.15. The number of hydrogen-bond acceptors (Lipinski definition) is 5. The Bertz CT molecular complexity index is 708. The van der Waals surface area contributed by atoms with Gasteiger partial charge in [0, 0.05) is 29.8 Å². The number of guanidine groups is 1. The predicted molar refractivity (Wildman–Crippen MR) is 111 cm³/mol. The maximum absolute atomic E-state index is 12.6. The van der Waals surface area contributed by atoms with Gasteiger partial charge in [-0.1, -0.05) is 0 Å². The standard InChI is InChI=1S/C15H20F3N5S2.HI/c1-4-19-14(20-6-5-12-22-9(2)10(3)25-12)21-7-13-23-11(8-24-13)15(16,17)18;/h8H,4-7H2,1-3H3,(H2,19,20,21);1H. The molecule has 0 amide bonds. The number of aliphatic imine (C=N–C) groups is 1. The van der Waals surface area contributed by atoms with Crippen molar-refractivity contribution in [3.63, 3.8) is 0 Å². The van der Waals surface area contributed by atoms with Crippen LogP contribution in [0.3, 0.4) is 0 Å². The van der Waals surface area contributed by atoms with Crippen LogP contribution in [0, 0.1) is 13.8 Å². The van der Waals surface area contributed by atoms with Gasteiger partial charge in [-0.2, -0.15) is 13.2 Å². The average molecular weight is 519 g/mol. The van der Waals surface area contributed by atoms with Crippen LogP contribution in [0.2, 0.25) is 0 Å². The molecule has 0 radical (unpaired) electrons. The zero-order chi connectivity index (χ0) is 18.4. The van der Waals surface area contributed by atoms with Gasteiger partial charge >= 0.3 is 6.18 Å². The lowest BCUT2D eigenvalue weighted by molar-refractivity contribution is -0.140. The van der Waals surface area contributed by atoms with E-state index in [4.69, 9.17) is 0 Å². The van der Waals surface area contributed by atoms with Gasteiger partial charge in [0.15, 0.2) is 11.7 Å². The van der Waals surface area contributed by atoms with E-state index in [-0.39, 0.29) is 30.5 Å². The van der Waals surface area contributed by atoms with Crippen LogP contribution < -0.4 is 10.6 Å². The summed E-state index contributed by atoms with van der Waals surface area (Å²) in [6, 6.07) is 0. The molecule has 0 atom stereocenters. The van der Waals surface area contributed by atoms with Gasteiger partial charge in [0.2, 0.25) is 0 Å². The van der Waals surface area contributed by atoms with E-state index in [9.17, 15) is 13.2 Å². The summed E-state index contributed by atoms with van der Waals surface area (Å²) in [7, 11) is 0. The van der Waals surface area contributed by atoms with Crippen molar-refractivity contribution in [3.8, 4) is 0 Å². The number of aryl methyl sites for hydroxylation is 2. The highest BCUT2D eigenvalue weighted by molar-refractivity contribution is 14.0. The van der Waals surface area contributed by atoms with E-state index in [2.05, 4.69) is 25.6 Å². The van der Waals surface area contributed by atoms with Crippen molar-refractivity contribution < 1.29 is 13.2 Å². The average Bonchev–Trinajstić information content (AvgIpc) is 3.12. The molecule has 0 aliphatic heterocycles. The summed E-state index contributed by atoms with van der Waals surface area (Å²) in [4.78, 5) is 13.6. The van der Waals surface area contributed by atoms with Gasteiger partial charge in [-0.3, -0.25) is 0 Å². The third-order valence-corrected chi connectivity index (χ3v) is 5.23. The number of thiazole rings is 2. The number of rotatable bonds is 6. The second kappa shape index (κ2) is 10.4. The molecule has 0 aliphatic rings. The number of nitrogens with zero attached hydrogens (tertiary/aromatic N) is 3. The molecular formula is C15H21F3IN5S2. The molecule has 0 unspecified atom stereocenters. The van der Waals surface area contributed by atoms with E-state index >= 15 is 0 Å². The van der Waals surface area contributed by atoms with Gasteiger partial charge < -0.3 is 10.6 Å². The molecule has 0 aliphatic carbocycles. The first-order chi connectivity index (χ1) is 11.8. The normalized spacial score (nSPS) is 12.0. The van der Waals surface area contributed by atoms with Gasteiger partial charge in [-0.05, 0) is 20.8 Å². The SMILES string of the molecule is CCNC(=NCc1nc(C(F)(F)F)cs1)NCCc1nc(C)c(C)s1.I. The van der Waals surface area contributed by atoms with Crippen LogP contribution in [-0.4, -0.2) is 29.0 Å². The summed E-state index contributed by atoms with van der Waals surface area (Å²) in [5.41, 5.74) is 0.181. The largest absolute Gasteiger partial charge is 0.434 e. The molecule has 26 heavy (non-hydrogen) atoms. The lowest BCUT2D eigenvalue weighted by atomic mass is 10.4. The number of aromatic nitrogens is 2. The topological polar surface area (TPSA) is 62.2 Å². The molecule has 2 aromatic rings. The molecule has 0 spiro atoms. The van der Waals surface area contributed by atoms with Gasteiger partial charge in [-0.25, -0.2) is 15.0 Å². The Morgan fingerprint density at radius 1 is 1.19 bits per heavy atom. The fourth-order valence-corrected chi connectivity index (χ4v) is 3.59. The Morgan fingerprint density at radius 2 is 1.92 bits per heavy atom. The van der Waals surface area contributed by atoms with Crippen molar-refractivity contribution in [3.05, 3.63) is 31.7 Å². The fourth-order valence-electron chi connectivity index (χ4n) is 1.94. The van der Waals surface area contributed by atoms with Crippen molar-refractivity contribution in [2.45, 2.75) is 39.9 Å². The third-order valence-electron chi connectivity index (χ3n) is 3.26. The quantitative estimate of drug-likeness (QED) is 0.342. The van der Waals surface area contributed by atoms with Gasteiger partial charge in [-0.15, -0.1) is 46.7 Å². The molecule has 146 valence electrons. The number of alkyl halides is 3. The van der Waals surface area contributed by atoms with E-state index < -0.39 is 11.9 Å². The van der Waals surface area contributed by atoms with Gasteiger partial charge in [0.1, 0.15) is 5.01 Å². The molecule has 2 aromatic heterocycles. The zero-order valence-corrected chi connectivity index (χ0v) is 18.6. The third kappa shape index (κ3) is 6.99. The molecule has 2 heterocycles. The number of nitrogens with one attached hydrogen (secondary N) is 2. The molecule has 0 bridgehead atoms. The summed E-state index contributed by atoms with van der Waals surface area (Å²) in [6.45, 7) is 7.36. The van der Waals surface area contributed by atoms with E-state index in [0.717, 1.165) is 33.8 Å². The zero-order valence-electron chi connectivity index (χ0n) is 14.6. The highest BCUT2D eigenvalue weighted by Crippen LogP contribution is 2.30. The maximum Gasteiger partial charge on any atom is 0.434 e. The van der Waals surface area contributed by atoms with Crippen LogP contribution in [0.1, 0.15) is 33.2 Å². The van der Waals surface area contributed by atoms with E-state index in [1.165, 1.54) is 4.88 Å². The molecule has 5 nitrogen and oxygen atoms in total. The summed E-state index contributed by atoms with van der Waals surface area (Å²) < 4.78 is 37.7. The monoisotopic (exact) mass is 519 g/mol. The Balaban J connectivity index is 0.00000338. The summed E-state index contributed by atoms with van der Waals surface area (Å²) in [5, 5.41) is 8.63. The Hall–Kier alpha value is -0.950. The lowest BCUT2D eigenvalue weighted by Gasteiger charge is -2.10. The van der Waals surface area contributed by atoms with Crippen LogP contribution in [0.25, 0.3) is 0 Å². The van der Waals surface area contributed by atoms with Crippen LogP contribution in [0.4, 0.5) is 13.2 Å². The van der Waals surface area contributed by atoms with Crippen molar-refractivity contribution in [2.75, 3.05) is 13.1 Å². The summed E-state index contributed by atoms with van der Waals surface area (Å²) in [6.07, 6.45) is -3.65. The highest BCUT2D eigenvalue weighted by Gasteiger charge is 2.33. The Labute approximate surface area is 175 Å². The second-order valence-electron chi connectivity index (χ2n) is 5.25. The second-order valence-corrected chi connectivity index (χ2v) is 7.48. The molecule has 11 heteroatoms. The van der Waals surface area contributed by atoms with Crippen molar-refractivity contribution >= 4 is 52.6 Å². The first kappa shape index (κ1) is 23.1. The minimum Gasteiger partial charge on any atom is -0.357 e. The Kier molecular flexibility index (Phi) is 9.24. The number of hydrogen-bond donors (Lipinski definition) is 2. The molecule has 2 N–H and O–H groups in total. The molecule has 0 saturated carbocycles. The summed E-state index contributed by atoms with van der Waals surface area (Å²) >= 11 is 2.63. The number of halogens is 4. The first-order valence-electron chi connectivity index (χ1n) is 7.76. The van der Waals surface area contributed by atoms with E-state index in [1.807, 2.05) is 20.8 Å². The lowest BCUT2D eigenvalue weighted by Crippen LogP contribution is -2.38. The van der Waals surface area contributed by atoms with Crippen molar-refractivity contribution in [1.82, 2.24) is 20.6 Å². The molecule has 0 aromatic carbocycles. The minimum absolute atomic E-state index is 0. The van der Waals surface area contributed by atoms with Crippen LogP contribution in [0.15, 0.2) is 10.4 Å². The minimum atomic E-state index is -4.41. The van der Waals surface area contributed by atoms with Crippen LogP contribution >= 0.6 is 46.7 Å².